The summed E-state index contributed by atoms with van der Waals surface area (Å²) < 4.78 is 4.96. The topological polar surface area (TPSA) is 108 Å². The van der Waals surface area contributed by atoms with Gasteiger partial charge in [-0.3, -0.25) is 9.59 Å². The van der Waals surface area contributed by atoms with Crippen LogP contribution >= 0.6 is 0 Å². The van der Waals surface area contributed by atoms with Crippen LogP contribution in [0.3, 0.4) is 0 Å². The minimum atomic E-state index is -0.687. The zero-order valence-electron chi connectivity index (χ0n) is 15.4. The van der Waals surface area contributed by atoms with Crippen molar-refractivity contribution >= 4 is 29.6 Å². The Morgan fingerprint density at radius 1 is 1.21 bits per heavy atom. The molecule has 1 fully saturated rings. The van der Waals surface area contributed by atoms with Gasteiger partial charge in [-0.2, -0.15) is 0 Å². The summed E-state index contributed by atoms with van der Waals surface area (Å²) in [5, 5.41) is 14.9. The number of nitrogens with one attached hydrogen (secondary N) is 2. The highest BCUT2D eigenvalue weighted by atomic mass is 16.5. The first-order valence-electron chi connectivity index (χ1n) is 8.45. The van der Waals surface area contributed by atoms with Gasteiger partial charge >= 0.3 is 6.03 Å². The molecule has 0 radical (unpaired) electrons. The Kier molecular flexibility index (Phi) is 5.30. The van der Waals surface area contributed by atoms with E-state index < -0.39 is 24.4 Å². The lowest BCUT2D eigenvalue weighted by molar-refractivity contribution is -0.127. The number of rotatable bonds is 5. The minimum Gasteiger partial charge on any atom is -0.504 e. The van der Waals surface area contributed by atoms with Gasteiger partial charge < -0.3 is 20.5 Å². The maximum atomic E-state index is 12.5. The van der Waals surface area contributed by atoms with Crippen LogP contribution in [0.2, 0.25) is 0 Å². The Balaban J connectivity index is 1.69. The van der Waals surface area contributed by atoms with Crippen LogP contribution in [0.1, 0.15) is 11.1 Å². The fraction of sp³-hybridized carbons (Fsp3) is 0.150. The molecule has 1 aliphatic heterocycles. The second kappa shape index (κ2) is 7.83. The molecule has 2 aromatic carbocycles. The average molecular weight is 381 g/mol. The number of carbonyl (C=O) groups excluding carboxylic acids is 3. The number of carbonyl (C=O) groups is 3. The van der Waals surface area contributed by atoms with Gasteiger partial charge in [0.05, 0.1) is 7.11 Å². The Morgan fingerprint density at radius 2 is 1.93 bits per heavy atom. The Labute approximate surface area is 161 Å². The number of imide groups is 1. The molecule has 144 valence electrons. The van der Waals surface area contributed by atoms with E-state index in [2.05, 4.69) is 10.6 Å². The predicted octanol–water partition coefficient (Wildman–Crippen LogP) is 2.24. The van der Waals surface area contributed by atoms with Crippen LogP contribution in [-0.4, -0.2) is 41.5 Å². The first-order chi connectivity index (χ1) is 13.4. The number of nitrogens with zero attached hydrogens (tertiary/aromatic N) is 1. The van der Waals surface area contributed by atoms with Gasteiger partial charge in [0.25, 0.3) is 5.91 Å². The highest BCUT2D eigenvalue weighted by Gasteiger charge is 2.34. The standard InChI is InChI=1S/C20H19N3O5/c1-12-3-6-14(7-4-12)21-18(25)11-23-19(26)15(22-20(23)27)9-13-5-8-17(28-2)16(24)10-13/h3-10,24H,11H2,1-2H3,(H,21,25)(H,22,27)/b15-9+. The van der Waals surface area contributed by atoms with Crippen LogP contribution in [0.5, 0.6) is 11.5 Å². The zero-order chi connectivity index (χ0) is 20.3. The maximum Gasteiger partial charge on any atom is 0.329 e. The molecule has 0 spiro atoms. The number of phenols is 1. The quantitative estimate of drug-likeness (QED) is 0.544. The van der Waals surface area contributed by atoms with Crippen molar-refractivity contribution in [3.63, 3.8) is 0 Å². The third-order valence-corrected chi connectivity index (χ3v) is 4.11. The average Bonchev–Trinajstić information content (AvgIpc) is 2.91. The Morgan fingerprint density at radius 3 is 2.57 bits per heavy atom. The van der Waals surface area contributed by atoms with E-state index in [0.29, 0.717) is 17.0 Å². The van der Waals surface area contributed by atoms with Gasteiger partial charge in [-0.15, -0.1) is 0 Å². The number of aromatic hydroxyl groups is 1. The SMILES string of the molecule is COc1ccc(/C=C2/NC(=O)N(CC(=O)Nc3ccc(C)cc3)C2=O)cc1O. The van der Waals surface area contributed by atoms with Crippen LogP contribution in [-0.2, 0) is 9.59 Å². The molecule has 0 saturated carbocycles. The summed E-state index contributed by atoms with van der Waals surface area (Å²) in [7, 11) is 1.42. The molecule has 0 bridgehead atoms. The molecule has 3 rings (SSSR count). The lowest BCUT2D eigenvalue weighted by Crippen LogP contribution is -2.38. The van der Waals surface area contributed by atoms with E-state index in [1.807, 2.05) is 19.1 Å². The highest BCUT2D eigenvalue weighted by molar-refractivity contribution is 6.15. The predicted molar refractivity (Wildman–Crippen MR) is 103 cm³/mol. The lowest BCUT2D eigenvalue weighted by atomic mass is 10.1. The van der Waals surface area contributed by atoms with Gasteiger partial charge in [0.15, 0.2) is 11.5 Å². The van der Waals surface area contributed by atoms with E-state index in [9.17, 15) is 19.5 Å². The molecule has 0 aliphatic carbocycles. The molecule has 0 aromatic heterocycles. The molecule has 28 heavy (non-hydrogen) atoms. The summed E-state index contributed by atoms with van der Waals surface area (Å²) in [4.78, 5) is 37.5. The summed E-state index contributed by atoms with van der Waals surface area (Å²) in [5.41, 5.74) is 2.13. The minimum absolute atomic E-state index is 0.0118. The molecule has 1 aliphatic rings. The summed E-state index contributed by atoms with van der Waals surface area (Å²) in [6.45, 7) is 1.51. The maximum absolute atomic E-state index is 12.5. The number of amides is 4. The smallest absolute Gasteiger partial charge is 0.329 e. The van der Waals surface area contributed by atoms with E-state index in [4.69, 9.17) is 4.74 Å². The van der Waals surface area contributed by atoms with Crippen molar-refractivity contribution in [1.29, 1.82) is 0 Å². The summed E-state index contributed by atoms with van der Waals surface area (Å²) >= 11 is 0. The second-order valence-corrected chi connectivity index (χ2v) is 6.22. The van der Waals surface area contributed by atoms with E-state index in [-0.39, 0.29) is 11.4 Å². The number of urea groups is 1. The van der Waals surface area contributed by atoms with Gasteiger partial charge in [-0.05, 0) is 42.8 Å². The number of phenolic OH excluding ortho intramolecular Hbond substituents is 1. The number of aryl methyl sites for hydroxylation is 1. The largest absolute Gasteiger partial charge is 0.504 e. The van der Waals surface area contributed by atoms with Crippen LogP contribution in [0.4, 0.5) is 10.5 Å². The van der Waals surface area contributed by atoms with Crippen molar-refractivity contribution in [1.82, 2.24) is 10.2 Å². The first-order valence-corrected chi connectivity index (χ1v) is 8.45. The molecule has 4 amide bonds. The molecule has 0 unspecified atom stereocenters. The van der Waals surface area contributed by atoms with Gasteiger partial charge in [0.2, 0.25) is 5.91 Å². The van der Waals surface area contributed by atoms with Gasteiger partial charge in [-0.1, -0.05) is 23.8 Å². The first kappa shape index (κ1) is 19.0. The lowest BCUT2D eigenvalue weighted by Gasteiger charge is -2.12. The molecule has 0 atom stereocenters. The summed E-state index contributed by atoms with van der Waals surface area (Å²) in [5.74, 6) is -0.920. The normalized spacial score (nSPS) is 14.9. The van der Waals surface area contributed by atoms with Gasteiger partial charge in [0, 0.05) is 5.69 Å². The number of methoxy groups -OCH3 is 1. The van der Waals surface area contributed by atoms with Crippen LogP contribution in [0, 0.1) is 6.92 Å². The Hall–Kier alpha value is -3.81. The van der Waals surface area contributed by atoms with Crippen molar-refractivity contribution in [3.8, 4) is 11.5 Å². The zero-order valence-corrected chi connectivity index (χ0v) is 15.4. The summed E-state index contributed by atoms with van der Waals surface area (Å²) in [6.07, 6.45) is 1.41. The number of hydrogen-bond donors (Lipinski definition) is 3. The second-order valence-electron chi connectivity index (χ2n) is 6.22. The van der Waals surface area contributed by atoms with Crippen molar-refractivity contribution in [3.05, 3.63) is 59.3 Å². The molecular formula is C20H19N3O5. The molecule has 1 heterocycles. The number of anilines is 1. The number of ether oxygens (including phenoxy) is 1. The highest BCUT2D eigenvalue weighted by Crippen LogP contribution is 2.27. The number of benzene rings is 2. The third kappa shape index (κ3) is 4.12. The third-order valence-electron chi connectivity index (χ3n) is 4.11. The summed E-state index contributed by atoms with van der Waals surface area (Å²) in [6, 6.07) is 11.0. The van der Waals surface area contributed by atoms with Crippen molar-refractivity contribution in [2.24, 2.45) is 0 Å². The van der Waals surface area contributed by atoms with Crippen molar-refractivity contribution in [2.45, 2.75) is 6.92 Å². The fourth-order valence-electron chi connectivity index (χ4n) is 2.66. The van der Waals surface area contributed by atoms with E-state index in [1.165, 1.54) is 25.3 Å². The molecule has 3 N–H and O–H groups in total. The molecule has 8 heteroatoms. The van der Waals surface area contributed by atoms with Crippen molar-refractivity contribution < 1.29 is 24.2 Å². The van der Waals surface area contributed by atoms with Gasteiger partial charge in [0.1, 0.15) is 12.2 Å². The Bertz CT molecular complexity index is 966. The van der Waals surface area contributed by atoms with Crippen LogP contribution in [0.15, 0.2) is 48.2 Å². The molecule has 2 aromatic rings. The van der Waals surface area contributed by atoms with Crippen LogP contribution in [0.25, 0.3) is 6.08 Å². The molecule has 1 saturated heterocycles. The van der Waals surface area contributed by atoms with E-state index in [0.717, 1.165) is 10.5 Å². The molecular weight excluding hydrogens is 362 g/mol. The van der Waals surface area contributed by atoms with Gasteiger partial charge in [-0.25, -0.2) is 9.69 Å². The molecule has 8 nitrogen and oxygen atoms in total. The van der Waals surface area contributed by atoms with E-state index >= 15 is 0 Å². The van der Waals surface area contributed by atoms with Crippen LogP contribution < -0.4 is 15.4 Å². The number of hydrogen-bond acceptors (Lipinski definition) is 5. The van der Waals surface area contributed by atoms with E-state index in [1.54, 1.807) is 18.2 Å². The fourth-order valence-corrected chi connectivity index (χ4v) is 2.66. The monoisotopic (exact) mass is 381 g/mol. The van der Waals surface area contributed by atoms with Crippen molar-refractivity contribution in [2.75, 3.05) is 19.0 Å².